The second-order valence-corrected chi connectivity index (χ2v) is 7.00. The summed E-state index contributed by atoms with van der Waals surface area (Å²) in [7, 11) is 3.47. The lowest BCUT2D eigenvalue weighted by atomic mass is 10.3. The number of hydrogen-bond acceptors (Lipinski definition) is 4. The fourth-order valence-electron chi connectivity index (χ4n) is 3.27. The van der Waals surface area contributed by atoms with Gasteiger partial charge in [-0.1, -0.05) is 6.92 Å². The molecule has 0 radical (unpaired) electrons. The van der Waals surface area contributed by atoms with Crippen LogP contribution in [0.2, 0.25) is 0 Å². The molecule has 8 heteroatoms. The third-order valence-electron chi connectivity index (χ3n) is 4.60. The van der Waals surface area contributed by atoms with Gasteiger partial charge in [0.2, 0.25) is 0 Å². The first-order valence-electron chi connectivity index (χ1n) is 9.30. The lowest BCUT2D eigenvalue weighted by Crippen LogP contribution is -2.34. The number of rotatable bonds is 6. The van der Waals surface area contributed by atoms with E-state index in [0.717, 1.165) is 57.1 Å². The van der Waals surface area contributed by atoms with Crippen LogP contribution in [0.25, 0.3) is 0 Å². The number of nitrogens with one attached hydrogen (secondary N) is 1. The Labute approximate surface area is 154 Å². The Morgan fingerprint density at radius 2 is 2.19 bits per heavy atom. The molecule has 2 amide bonds. The molecule has 0 saturated heterocycles. The fraction of sp³-hybridized carbons (Fsp3) is 0.611. The van der Waals surface area contributed by atoms with Crippen LogP contribution in [0.3, 0.4) is 0 Å². The topological polar surface area (TPSA) is 71.2 Å². The van der Waals surface area contributed by atoms with Gasteiger partial charge < -0.3 is 14.8 Å². The Morgan fingerprint density at radius 1 is 1.35 bits per heavy atom. The number of fused-ring (bicyclic) bond motifs is 1. The molecule has 0 aromatic carbocycles. The monoisotopic (exact) mass is 359 g/mol. The van der Waals surface area contributed by atoms with Crippen LogP contribution in [0.4, 0.5) is 4.79 Å². The van der Waals surface area contributed by atoms with Gasteiger partial charge in [-0.25, -0.2) is 9.78 Å². The molecule has 26 heavy (non-hydrogen) atoms. The van der Waals surface area contributed by atoms with Crippen LogP contribution < -0.4 is 5.32 Å². The Bertz CT molecular complexity index is 734. The normalized spacial score (nSPS) is 14.7. The van der Waals surface area contributed by atoms with E-state index in [9.17, 15) is 4.79 Å². The van der Waals surface area contributed by atoms with Gasteiger partial charge >= 0.3 is 6.03 Å². The average Bonchev–Trinajstić information content (AvgIpc) is 3.15. The Balaban J connectivity index is 1.64. The molecule has 3 rings (SSSR count). The van der Waals surface area contributed by atoms with Crippen LogP contribution in [0, 0.1) is 0 Å². The standard InChI is InChI=1S/C18H29N7O/c1-4-7-24-10-6-19-17(24)14-23-8-5-9-25-16(13-23)11-15(21-25)12-20-18(26)22(2)3/h6,10-11H,4-5,7-9,12-14H2,1-3H3,(H,20,26). The molecule has 0 saturated carbocycles. The number of hydrogen-bond donors (Lipinski definition) is 1. The van der Waals surface area contributed by atoms with Crippen LogP contribution in [-0.2, 0) is 32.7 Å². The SMILES string of the molecule is CCCn1ccnc1CN1CCCn2nc(CNC(=O)N(C)C)cc2C1. The highest BCUT2D eigenvalue weighted by molar-refractivity contribution is 5.73. The molecule has 0 aliphatic carbocycles. The molecule has 1 aliphatic rings. The zero-order valence-corrected chi connectivity index (χ0v) is 16.0. The molecule has 0 unspecified atom stereocenters. The van der Waals surface area contributed by atoms with Crippen molar-refractivity contribution in [3.8, 4) is 0 Å². The molecule has 8 nitrogen and oxygen atoms in total. The summed E-state index contributed by atoms with van der Waals surface area (Å²) in [5, 5.41) is 7.53. The maximum absolute atomic E-state index is 11.7. The van der Waals surface area contributed by atoms with Gasteiger partial charge in [0.05, 0.1) is 24.5 Å². The van der Waals surface area contributed by atoms with Gasteiger partial charge in [-0.15, -0.1) is 0 Å². The smallest absolute Gasteiger partial charge is 0.317 e. The summed E-state index contributed by atoms with van der Waals surface area (Å²) in [6, 6.07) is 2.00. The van der Waals surface area contributed by atoms with Crippen LogP contribution in [0.1, 0.15) is 37.0 Å². The highest BCUT2D eigenvalue weighted by atomic mass is 16.2. The first-order chi connectivity index (χ1) is 12.6. The number of aryl methyl sites for hydroxylation is 2. The van der Waals surface area contributed by atoms with Crippen molar-refractivity contribution in [2.24, 2.45) is 0 Å². The molecular weight excluding hydrogens is 330 g/mol. The molecule has 0 fully saturated rings. The third-order valence-corrected chi connectivity index (χ3v) is 4.60. The summed E-state index contributed by atoms with van der Waals surface area (Å²) >= 11 is 0. The van der Waals surface area contributed by atoms with Gasteiger partial charge in [0.25, 0.3) is 0 Å². The first-order valence-corrected chi connectivity index (χ1v) is 9.30. The maximum Gasteiger partial charge on any atom is 0.317 e. The molecule has 1 N–H and O–H groups in total. The molecule has 1 aliphatic heterocycles. The number of carbonyl (C=O) groups excluding carboxylic acids is 1. The number of imidazole rings is 1. The fourth-order valence-corrected chi connectivity index (χ4v) is 3.27. The van der Waals surface area contributed by atoms with E-state index >= 15 is 0 Å². The van der Waals surface area contributed by atoms with Crippen molar-refractivity contribution in [2.45, 2.75) is 52.5 Å². The highest BCUT2D eigenvalue weighted by Crippen LogP contribution is 2.16. The number of aromatic nitrogens is 4. The van der Waals surface area contributed by atoms with E-state index < -0.39 is 0 Å². The van der Waals surface area contributed by atoms with Gasteiger partial charge in [0.1, 0.15) is 5.82 Å². The molecule has 142 valence electrons. The minimum Gasteiger partial charge on any atom is -0.334 e. The van der Waals surface area contributed by atoms with Crippen molar-refractivity contribution < 1.29 is 4.79 Å². The van der Waals surface area contributed by atoms with Crippen molar-refractivity contribution in [3.05, 3.63) is 35.7 Å². The van der Waals surface area contributed by atoms with Crippen molar-refractivity contribution in [1.82, 2.24) is 34.4 Å². The zero-order chi connectivity index (χ0) is 18.5. The summed E-state index contributed by atoms with van der Waals surface area (Å²) in [5.74, 6) is 1.12. The molecule has 0 spiro atoms. The largest absolute Gasteiger partial charge is 0.334 e. The van der Waals surface area contributed by atoms with Crippen molar-refractivity contribution in [3.63, 3.8) is 0 Å². The van der Waals surface area contributed by atoms with Gasteiger partial charge in [-0.3, -0.25) is 9.58 Å². The Kier molecular flexibility index (Phi) is 5.92. The first kappa shape index (κ1) is 18.4. The van der Waals surface area contributed by atoms with Crippen LogP contribution in [0.5, 0.6) is 0 Å². The number of carbonyl (C=O) groups is 1. The number of amides is 2. The molecule has 2 aromatic heterocycles. The van der Waals surface area contributed by atoms with E-state index in [-0.39, 0.29) is 6.03 Å². The lowest BCUT2D eigenvalue weighted by Gasteiger charge is -2.19. The summed E-state index contributed by atoms with van der Waals surface area (Å²) in [4.78, 5) is 20.2. The minimum atomic E-state index is -0.0995. The minimum absolute atomic E-state index is 0.0995. The molecule has 0 atom stereocenters. The zero-order valence-electron chi connectivity index (χ0n) is 16.0. The van der Waals surface area contributed by atoms with Gasteiger partial charge in [0, 0.05) is 52.7 Å². The second-order valence-electron chi connectivity index (χ2n) is 7.00. The van der Waals surface area contributed by atoms with Crippen molar-refractivity contribution in [1.29, 1.82) is 0 Å². The van der Waals surface area contributed by atoms with Crippen LogP contribution >= 0.6 is 0 Å². The Hall–Kier alpha value is -2.35. The van der Waals surface area contributed by atoms with E-state index in [4.69, 9.17) is 0 Å². The van der Waals surface area contributed by atoms with E-state index in [1.165, 1.54) is 10.6 Å². The number of urea groups is 1. The lowest BCUT2D eigenvalue weighted by molar-refractivity contribution is 0.217. The summed E-state index contributed by atoms with van der Waals surface area (Å²) in [6.45, 7) is 7.31. The average molecular weight is 359 g/mol. The Morgan fingerprint density at radius 3 is 2.96 bits per heavy atom. The van der Waals surface area contributed by atoms with E-state index in [1.807, 2.05) is 6.20 Å². The second kappa shape index (κ2) is 8.35. The quantitative estimate of drug-likeness (QED) is 0.852. The summed E-state index contributed by atoms with van der Waals surface area (Å²) < 4.78 is 4.32. The van der Waals surface area contributed by atoms with Crippen LogP contribution in [-0.4, -0.2) is 55.8 Å². The summed E-state index contributed by atoms with van der Waals surface area (Å²) in [5.41, 5.74) is 2.11. The van der Waals surface area contributed by atoms with Crippen molar-refractivity contribution >= 4 is 6.03 Å². The highest BCUT2D eigenvalue weighted by Gasteiger charge is 2.18. The summed E-state index contributed by atoms with van der Waals surface area (Å²) in [6.07, 6.45) is 6.12. The van der Waals surface area contributed by atoms with Gasteiger partial charge in [0.15, 0.2) is 0 Å². The van der Waals surface area contributed by atoms with Gasteiger partial charge in [-0.05, 0) is 18.9 Å². The van der Waals surface area contributed by atoms with Crippen LogP contribution in [0.15, 0.2) is 18.5 Å². The predicted molar refractivity (Wildman–Crippen MR) is 99.4 cm³/mol. The molecule has 3 heterocycles. The maximum atomic E-state index is 11.7. The van der Waals surface area contributed by atoms with Crippen molar-refractivity contribution in [2.75, 3.05) is 20.6 Å². The molecular formula is C18H29N7O. The molecule has 2 aromatic rings. The third kappa shape index (κ3) is 4.43. The number of nitrogens with zero attached hydrogens (tertiary/aromatic N) is 6. The van der Waals surface area contributed by atoms with E-state index in [2.05, 4.69) is 48.7 Å². The predicted octanol–water partition coefficient (Wildman–Crippen LogP) is 1.67. The van der Waals surface area contributed by atoms with E-state index in [1.54, 1.807) is 14.1 Å². The van der Waals surface area contributed by atoms with Gasteiger partial charge in [-0.2, -0.15) is 5.10 Å². The molecule has 0 bridgehead atoms. The van der Waals surface area contributed by atoms with E-state index in [0.29, 0.717) is 6.54 Å².